The van der Waals surface area contributed by atoms with Gasteiger partial charge in [0.25, 0.3) is 0 Å². The number of aromatic nitrogens is 2. The van der Waals surface area contributed by atoms with E-state index in [4.69, 9.17) is 9.47 Å². The van der Waals surface area contributed by atoms with Crippen LogP contribution in [0.4, 0.5) is 0 Å². The molecule has 6 heteroatoms. The first kappa shape index (κ1) is 20.1. The lowest BCUT2D eigenvalue weighted by Gasteiger charge is -2.41. The van der Waals surface area contributed by atoms with Crippen LogP contribution in [0.15, 0.2) is 24.4 Å². The van der Waals surface area contributed by atoms with E-state index in [9.17, 15) is 5.11 Å². The van der Waals surface area contributed by atoms with E-state index >= 15 is 0 Å². The maximum Gasteiger partial charge on any atom is 0.319 e. The third-order valence-corrected chi connectivity index (χ3v) is 6.81. The third-order valence-electron chi connectivity index (χ3n) is 6.81. The van der Waals surface area contributed by atoms with Crippen LogP contribution in [-0.4, -0.2) is 47.3 Å². The number of likely N-dealkylation sites (tertiary alicyclic amines) is 1. The van der Waals surface area contributed by atoms with Gasteiger partial charge in [0.1, 0.15) is 5.60 Å². The predicted molar refractivity (Wildman–Crippen MR) is 111 cm³/mol. The molecule has 0 bridgehead atoms. The Morgan fingerprint density at radius 2 is 2.00 bits per heavy atom. The van der Waals surface area contributed by atoms with Gasteiger partial charge < -0.3 is 14.6 Å². The van der Waals surface area contributed by atoms with Crippen LogP contribution in [0.2, 0.25) is 0 Å². The zero-order valence-corrected chi connectivity index (χ0v) is 17.8. The average Bonchev–Trinajstić information content (AvgIpc) is 3.14. The monoisotopic (exact) mass is 397 g/mol. The highest BCUT2D eigenvalue weighted by Gasteiger charge is 2.51. The quantitative estimate of drug-likeness (QED) is 0.836. The first-order chi connectivity index (χ1) is 13.9. The summed E-state index contributed by atoms with van der Waals surface area (Å²) >= 11 is 0. The van der Waals surface area contributed by atoms with Crippen LogP contribution in [0.25, 0.3) is 0 Å². The molecule has 2 aliphatic rings. The van der Waals surface area contributed by atoms with Crippen molar-refractivity contribution in [3.8, 4) is 11.9 Å². The fourth-order valence-electron chi connectivity index (χ4n) is 5.14. The van der Waals surface area contributed by atoms with Crippen molar-refractivity contribution in [2.75, 3.05) is 27.3 Å². The molecule has 3 atom stereocenters. The molecule has 2 aromatic rings. The van der Waals surface area contributed by atoms with Crippen LogP contribution in [0.1, 0.15) is 41.5 Å². The summed E-state index contributed by atoms with van der Waals surface area (Å²) in [6, 6.07) is 6.95. The van der Waals surface area contributed by atoms with Gasteiger partial charge in [-0.2, -0.15) is 4.98 Å². The lowest BCUT2D eigenvalue weighted by molar-refractivity contribution is -0.0669. The van der Waals surface area contributed by atoms with Gasteiger partial charge in [0.05, 0.1) is 19.8 Å². The second-order valence-corrected chi connectivity index (χ2v) is 8.58. The van der Waals surface area contributed by atoms with Crippen molar-refractivity contribution >= 4 is 0 Å². The molecule has 0 amide bonds. The number of rotatable bonds is 5. The smallest absolute Gasteiger partial charge is 0.319 e. The van der Waals surface area contributed by atoms with Gasteiger partial charge in [-0.3, -0.25) is 4.90 Å². The Balaban J connectivity index is 1.58. The normalized spacial score (nSPS) is 26.9. The second kappa shape index (κ2) is 7.92. The molecule has 2 fully saturated rings. The molecule has 1 aromatic heterocycles. The first-order valence-corrected chi connectivity index (χ1v) is 10.4. The SMILES string of the molecule is COc1ncc([C@]2(O)CCC[C@H]3CN(Cc4ccc(C)c(C)c4)C[C@H]32)c(OC)n1. The fourth-order valence-corrected chi connectivity index (χ4v) is 5.14. The second-order valence-electron chi connectivity index (χ2n) is 8.58. The zero-order chi connectivity index (χ0) is 20.6. The minimum atomic E-state index is -0.974. The lowest BCUT2D eigenvalue weighted by Crippen LogP contribution is -2.43. The minimum absolute atomic E-state index is 0.147. The van der Waals surface area contributed by atoms with Crippen molar-refractivity contribution in [2.45, 2.75) is 45.3 Å². The minimum Gasteiger partial charge on any atom is -0.481 e. The Labute approximate surface area is 172 Å². The lowest BCUT2D eigenvalue weighted by atomic mass is 9.68. The van der Waals surface area contributed by atoms with E-state index in [-0.39, 0.29) is 11.9 Å². The van der Waals surface area contributed by atoms with Gasteiger partial charge in [-0.15, -0.1) is 0 Å². The summed E-state index contributed by atoms with van der Waals surface area (Å²) < 4.78 is 10.6. The van der Waals surface area contributed by atoms with Gasteiger partial charge in [0.2, 0.25) is 5.88 Å². The van der Waals surface area contributed by atoms with Crippen LogP contribution in [0, 0.1) is 25.7 Å². The molecule has 0 unspecified atom stereocenters. The number of hydrogen-bond acceptors (Lipinski definition) is 6. The Morgan fingerprint density at radius 1 is 1.17 bits per heavy atom. The summed E-state index contributed by atoms with van der Waals surface area (Å²) in [6.45, 7) is 7.11. The molecule has 1 saturated carbocycles. The molecule has 1 aromatic carbocycles. The molecule has 2 heterocycles. The van der Waals surface area contributed by atoms with E-state index in [1.165, 1.54) is 23.8 Å². The largest absolute Gasteiger partial charge is 0.481 e. The molecule has 0 spiro atoms. The number of nitrogens with zero attached hydrogens (tertiary/aromatic N) is 3. The van der Waals surface area contributed by atoms with E-state index in [2.05, 4.69) is 46.9 Å². The zero-order valence-electron chi connectivity index (χ0n) is 17.8. The van der Waals surface area contributed by atoms with E-state index in [0.29, 0.717) is 23.8 Å². The predicted octanol–water partition coefficient (Wildman–Crippen LogP) is 3.23. The summed E-state index contributed by atoms with van der Waals surface area (Å²) in [5, 5.41) is 11.8. The molecule has 6 nitrogen and oxygen atoms in total. The number of benzene rings is 1. The number of aryl methyl sites for hydroxylation is 2. The summed E-state index contributed by atoms with van der Waals surface area (Å²) in [5.74, 6) is 1.02. The van der Waals surface area contributed by atoms with Crippen LogP contribution in [-0.2, 0) is 12.1 Å². The Morgan fingerprint density at radius 3 is 2.72 bits per heavy atom. The standard InChI is InChI=1S/C23H31N3O3/c1-15-7-8-17(10-16(15)2)12-26-13-18-6-5-9-23(27,20(18)14-26)19-11-24-22(29-4)25-21(19)28-3/h7-8,10-11,18,20,27H,5-6,9,12-14H2,1-4H3/t18-,20+,23+/m0/s1. The molecule has 1 aliphatic carbocycles. The maximum atomic E-state index is 11.8. The van der Waals surface area contributed by atoms with Crippen LogP contribution in [0.5, 0.6) is 11.9 Å². The number of methoxy groups -OCH3 is 2. The van der Waals surface area contributed by atoms with Crippen molar-refractivity contribution in [1.29, 1.82) is 0 Å². The van der Waals surface area contributed by atoms with Crippen molar-refractivity contribution < 1.29 is 14.6 Å². The van der Waals surface area contributed by atoms with Crippen LogP contribution < -0.4 is 9.47 Å². The summed E-state index contributed by atoms with van der Waals surface area (Å²) in [7, 11) is 3.11. The van der Waals surface area contributed by atoms with E-state index in [1.807, 2.05) is 0 Å². The van der Waals surface area contributed by atoms with Gasteiger partial charge in [0, 0.05) is 31.7 Å². The van der Waals surface area contributed by atoms with Gasteiger partial charge in [-0.05, 0) is 55.7 Å². The topological polar surface area (TPSA) is 67.7 Å². The van der Waals surface area contributed by atoms with Crippen LogP contribution >= 0.6 is 0 Å². The molecule has 1 N–H and O–H groups in total. The Hall–Kier alpha value is -2.18. The van der Waals surface area contributed by atoms with Crippen molar-refractivity contribution in [1.82, 2.24) is 14.9 Å². The molecule has 0 radical (unpaired) electrons. The first-order valence-electron chi connectivity index (χ1n) is 10.4. The highest BCUT2D eigenvalue weighted by Crippen LogP contribution is 2.50. The van der Waals surface area contributed by atoms with E-state index in [1.54, 1.807) is 13.3 Å². The van der Waals surface area contributed by atoms with E-state index in [0.717, 1.165) is 32.5 Å². The van der Waals surface area contributed by atoms with Gasteiger partial charge >= 0.3 is 6.01 Å². The molecule has 1 aliphatic heterocycles. The van der Waals surface area contributed by atoms with Gasteiger partial charge in [0.15, 0.2) is 0 Å². The fraction of sp³-hybridized carbons (Fsp3) is 0.565. The number of hydrogen-bond donors (Lipinski definition) is 1. The Kier molecular flexibility index (Phi) is 5.49. The molecule has 4 rings (SSSR count). The molecular formula is C23H31N3O3. The Bertz CT molecular complexity index is 888. The number of fused-ring (bicyclic) bond motifs is 1. The van der Waals surface area contributed by atoms with Gasteiger partial charge in [-0.1, -0.05) is 18.2 Å². The number of ether oxygens (including phenoxy) is 2. The van der Waals surface area contributed by atoms with Crippen molar-refractivity contribution in [3.05, 3.63) is 46.6 Å². The highest BCUT2D eigenvalue weighted by atomic mass is 16.5. The summed E-state index contributed by atoms with van der Waals surface area (Å²) in [5.41, 5.74) is 3.70. The van der Waals surface area contributed by atoms with Crippen LogP contribution in [0.3, 0.4) is 0 Å². The third kappa shape index (κ3) is 3.71. The highest BCUT2D eigenvalue weighted by molar-refractivity contribution is 5.34. The van der Waals surface area contributed by atoms with Gasteiger partial charge in [-0.25, -0.2) is 4.98 Å². The molecule has 1 saturated heterocycles. The molecule has 156 valence electrons. The van der Waals surface area contributed by atoms with Crippen molar-refractivity contribution in [3.63, 3.8) is 0 Å². The summed E-state index contributed by atoms with van der Waals surface area (Å²) in [6.07, 6.45) is 4.52. The number of aliphatic hydroxyl groups is 1. The maximum absolute atomic E-state index is 11.8. The van der Waals surface area contributed by atoms with Crippen molar-refractivity contribution in [2.24, 2.45) is 11.8 Å². The van der Waals surface area contributed by atoms with E-state index < -0.39 is 5.60 Å². The summed E-state index contributed by atoms with van der Waals surface area (Å²) in [4.78, 5) is 11.1. The molecule has 29 heavy (non-hydrogen) atoms. The average molecular weight is 398 g/mol. The molecular weight excluding hydrogens is 366 g/mol.